The number of rotatable bonds is 4. The van der Waals surface area contributed by atoms with Crippen LogP contribution in [0, 0.1) is 0 Å². The molecule has 0 spiro atoms. The van der Waals surface area contributed by atoms with E-state index in [-0.39, 0.29) is 11.9 Å². The van der Waals surface area contributed by atoms with Crippen molar-refractivity contribution in [3.63, 3.8) is 0 Å². The number of hydrogen-bond donors (Lipinski definition) is 2. The number of aromatic nitrogens is 2. The van der Waals surface area contributed by atoms with Crippen molar-refractivity contribution < 1.29 is 4.79 Å². The number of hydrogen-bond acceptors (Lipinski definition) is 3. The highest BCUT2D eigenvalue weighted by Crippen LogP contribution is 1.97. The first-order valence-corrected chi connectivity index (χ1v) is 4.63. The van der Waals surface area contributed by atoms with Gasteiger partial charge in [-0.25, -0.2) is 0 Å². The molecule has 0 fully saturated rings. The van der Waals surface area contributed by atoms with Crippen LogP contribution in [0.25, 0.3) is 0 Å². The van der Waals surface area contributed by atoms with E-state index in [0.29, 0.717) is 12.1 Å². The first kappa shape index (κ1) is 10.7. The van der Waals surface area contributed by atoms with Gasteiger partial charge in [0, 0.05) is 19.3 Å². The lowest BCUT2D eigenvalue weighted by Crippen LogP contribution is -2.33. The molecule has 1 aromatic rings. The average Bonchev–Trinajstić information content (AvgIpc) is 2.52. The summed E-state index contributed by atoms with van der Waals surface area (Å²) in [5.41, 5.74) is 5.96. The van der Waals surface area contributed by atoms with Crippen molar-refractivity contribution in [2.45, 2.75) is 19.4 Å². The van der Waals surface area contributed by atoms with Crippen molar-refractivity contribution >= 4 is 5.91 Å². The van der Waals surface area contributed by atoms with Gasteiger partial charge in [0.25, 0.3) is 5.91 Å². The molecule has 0 aliphatic rings. The lowest BCUT2D eigenvalue weighted by molar-refractivity contribution is 0.0939. The lowest BCUT2D eigenvalue weighted by atomic mass is 10.2. The van der Waals surface area contributed by atoms with Crippen LogP contribution < -0.4 is 11.1 Å². The van der Waals surface area contributed by atoms with Crippen LogP contribution in [0.2, 0.25) is 0 Å². The summed E-state index contributed by atoms with van der Waals surface area (Å²) < 4.78 is 1.60. The molecule has 1 aromatic heterocycles. The van der Waals surface area contributed by atoms with Crippen molar-refractivity contribution in [1.82, 2.24) is 15.1 Å². The van der Waals surface area contributed by atoms with Gasteiger partial charge < -0.3 is 11.1 Å². The van der Waals surface area contributed by atoms with Crippen LogP contribution in [0.15, 0.2) is 12.4 Å². The third kappa shape index (κ3) is 2.85. The minimum atomic E-state index is -0.0981. The molecular formula is C9H16N4O. The quantitative estimate of drug-likeness (QED) is 0.705. The number of nitrogens with one attached hydrogen (secondary N) is 1. The molecule has 0 saturated carbocycles. The highest BCUT2D eigenvalue weighted by molar-refractivity contribution is 5.93. The number of aryl methyl sites for hydroxylation is 1. The van der Waals surface area contributed by atoms with Gasteiger partial charge in [-0.05, 0) is 19.9 Å². The summed E-state index contributed by atoms with van der Waals surface area (Å²) in [6.45, 7) is 2.51. The molecule has 1 heterocycles. The van der Waals surface area contributed by atoms with Crippen molar-refractivity contribution in [2.24, 2.45) is 12.8 Å². The fourth-order valence-corrected chi connectivity index (χ4v) is 1.17. The van der Waals surface area contributed by atoms with Gasteiger partial charge in [0.15, 0.2) is 0 Å². The number of carbonyl (C=O) groups excluding carboxylic acids is 1. The van der Waals surface area contributed by atoms with Gasteiger partial charge in [-0.15, -0.1) is 0 Å². The summed E-state index contributed by atoms with van der Waals surface area (Å²) in [5, 5.41) is 6.76. The maximum Gasteiger partial charge on any atom is 0.254 e. The molecule has 3 N–H and O–H groups in total. The average molecular weight is 196 g/mol. The van der Waals surface area contributed by atoms with Gasteiger partial charge in [0.2, 0.25) is 0 Å². The van der Waals surface area contributed by atoms with Crippen LogP contribution in [-0.2, 0) is 7.05 Å². The van der Waals surface area contributed by atoms with Crippen LogP contribution in [0.3, 0.4) is 0 Å². The van der Waals surface area contributed by atoms with Gasteiger partial charge in [-0.2, -0.15) is 5.10 Å². The van der Waals surface area contributed by atoms with Gasteiger partial charge >= 0.3 is 0 Å². The molecule has 1 amide bonds. The molecule has 0 saturated heterocycles. The molecule has 78 valence electrons. The van der Waals surface area contributed by atoms with Crippen molar-refractivity contribution in [3.05, 3.63) is 18.0 Å². The fourth-order valence-electron chi connectivity index (χ4n) is 1.17. The molecular weight excluding hydrogens is 180 g/mol. The standard InChI is InChI=1S/C9H16N4O/c1-7(3-4-10)12-9(14)8-5-11-13(2)6-8/h5-7H,3-4,10H2,1-2H3,(H,12,14). The van der Waals surface area contributed by atoms with Crippen molar-refractivity contribution in [3.8, 4) is 0 Å². The van der Waals surface area contributed by atoms with Crippen LogP contribution in [0.4, 0.5) is 0 Å². The SMILES string of the molecule is CC(CCN)NC(=O)c1cnn(C)c1. The van der Waals surface area contributed by atoms with E-state index in [2.05, 4.69) is 10.4 Å². The summed E-state index contributed by atoms with van der Waals surface area (Å²) in [6.07, 6.45) is 4.01. The molecule has 1 unspecified atom stereocenters. The number of carbonyl (C=O) groups is 1. The molecule has 0 radical (unpaired) electrons. The van der Waals surface area contributed by atoms with Crippen LogP contribution in [-0.4, -0.2) is 28.3 Å². The second kappa shape index (κ2) is 4.76. The highest BCUT2D eigenvalue weighted by Gasteiger charge is 2.10. The molecule has 1 atom stereocenters. The van der Waals surface area contributed by atoms with Gasteiger partial charge in [-0.1, -0.05) is 0 Å². The summed E-state index contributed by atoms with van der Waals surface area (Å²) in [5.74, 6) is -0.0981. The van der Waals surface area contributed by atoms with E-state index >= 15 is 0 Å². The van der Waals surface area contributed by atoms with Crippen LogP contribution in [0.5, 0.6) is 0 Å². The first-order valence-electron chi connectivity index (χ1n) is 4.63. The summed E-state index contributed by atoms with van der Waals surface area (Å²) in [4.78, 5) is 11.5. The smallest absolute Gasteiger partial charge is 0.254 e. The second-order valence-corrected chi connectivity index (χ2v) is 3.35. The normalized spacial score (nSPS) is 12.5. The Morgan fingerprint density at radius 2 is 2.50 bits per heavy atom. The van der Waals surface area contributed by atoms with E-state index in [1.165, 1.54) is 0 Å². The Morgan fingerprint density at radius 1 is 1.79 bits per heavy atom. The van der Waals surface area contributed by atoms with E-state index in [9.17, 15) is 4.79 Å². The molecule has 0 aliphatic carbocycles. The van der Waals surface area contributed by atoms with Crippen molar-refractivity contribution in [2.75, 3.05) is 6.54 Å². The summed E-state index contributed by atoms with van der Waals surface area (Å²) in [7, 11) is 1.78. The maximum absolute atomic E-state index is 11.5. The Balaban J connectivity index is 2.50. The van der Waals surface area contributed by atoms with E-state index in [4.69, 9.17) is 5.73 Å². The minimum Gasteiger partial charge on any atom is -0.349 e. The number of nitrogens with two attached hydrogens (primary N) is 1. The third-order valence-corrected chi connectivity index (χ3v) is 1.94. The zero-order valence-corrected chi connectivity index (χ0v) is 8.53. The Hall–Kier alpha value is -1.36. The summed E-state index contributed by atoms with van der Waals surface area (Å²) in [6, 6.07) is 0.104. The zero-order chi connectivity index (χ0) is 10.6. The van der Waals surface area contributed by atoms with E-state index in [0.717, 1.165) is 6.42 Å². The predicted octanol–water partition coefficient (Wildman–Crippen LogP) is -0.113. The van der Waals surface area contributed by atoms with Gasteiger partial charge in [0.05, 0.1) is 11.8 Å². The number of nitrogens with zero attached hydrogens (tertiary/aromatic N) is 2. The Morgan fingerprint density at radius 3 is 3.00 bits per heavy atom. The van der Waals surface area contributed by atoms with Gasteiger partial charge in [0.1, 0.15) is 0 Å². The lowest BCUT2D eigenvalue weighted by Gasteiger charge is -2.11. The third-order valence-electron chi connectivity index (χ3n) is 1.94. The zero-order valence-electron chi connectivity index (χ0n) is 8.53. The predicted molar refractivity (Wildman–Crippen MR) is 53.8 cm³/mol. The monoisotopic (exact) mass is 196 g/mol. The molecule has 0 aliphatic heterocycles. The minimum absolute atomic E-state index is 0.0981. The molecule has 5 nitrogen and oxygen atoms in total. The highest BCUT2D eigenvalue weighted by atomic mass is 16.1. The van der Waals surface area contributed by atoms with E-state index < -0.39 is 0 Å². The second-order valence-electron chi connectivity index (χ2n) is 3.35. The number of amides is 1. The Labute approximate surface area is 83.3 Å². The van der Waals surface area contributed by atoms with E-state index in [1.807, 2.05) is 6.92 Å². The first-order chi connectivity index (χ1) is 6.63. The fraction of sp³-hybridized carbons (Fsp3) is 0.556. The van der Waals surface area contributed by atoms with Crippen molar-refractivity contribution in [1.29, 1.82) is 0 Å². The molecule has 14 heavy (non-hydrogen) atoms. The molecule has 0 bridgehead atoms. The largest absolute Gasteiger partial charge is 0.349 e. The molecule has 1 rings (SSSR count). The summed E-state index contributed by atoms with van der Waals surface area (Å²) >= 11 is 0. The molecule has 0 aromatic carbocycles. The van der Waals surface area contributed by atoms with Gasteiger partial charge in [-0.3, -0.25) is 9.48 Å². The van der Waals surface area contributed by atoms with E-state index in [1.54, 1.807) is 24.1 Å². The van der Waals surface area contributed by atoms with Crippen LogP contribution >= 0.6 is 0 Å². The Kier molecular flexibility index (Phi) is 3.64. The molecule has 5 heteroatoms. The Bertz CT molecular complexity index is 308. The van der Waals surface area contributed by atoms with Crippen LogP contribution in [0.1, 0.15) is 23.7 Å². The maximum atomic E-state index is 11.5. The topological polar surface area (TPSA) is 72.9 Å².